The van der Waals surface area contributed by atoms with E-state index in [4.69, 9.17) is 4.74 Å². The van der Waals surface area contributed by atoms with Crippen molar-refractivity contribution in [2.24, 2.45) is 0 Å². The molecule has 134 valence electrons. The highest BCUT2D eigenvalue weighted by molar-refractivity contribution is 6.90. The van der Waals surface area contributed by atoms with Gasteiger partial charge in [-0.15, -0.1) is 0 Å². The van der Waals surface area contributed by atoms with Gasteiger partial charge in [-0.25, -0.2) is 4.79 Å². The molecule has 3 nitrogen and oxygen atoms in total. The molecule has 0 saturated carbocycles. The standard InChI is InChI=1S/C20H26NO2Si.HI/c1-5-23-20(22)16-10-12-18(13-11-16)21(2)14-17-8-6-7-9-19(17)24(3,4)15-21;/h6-13H,5,14-15H2,1-4H3;1H/q+1;/p-1. The van der Waals surface area contributed by atoms with Crippen LogP contribution in [-0.4, -0.2) is 33.9 Å². The molecule has 3 rings (SSSR count). The molecule has 0 bridgehead atoms. The van der Waals surface area contributed by atoms with Gasteiger partial charge in [0.1, 0.15) is 20.3 Å². The van der Waals surface area contributed by atoms with Crippen LogP contribution in [-0.2, 0) is 11.3 Å². The van der Waals surface area contributed by atoms with Crippen molar-refractivity contribution in [1.82, 2.24) is 4.48 Å². The Balaban J connectivity index is 0.00000225. The minimum Gasteiger partial charge on any atom is -1.00 e. The summed E-state index contributed by atoms with van der Waals surface area (Å²) in [4.78, 5) is 11.9. The third kappa shape index (κ3) is 3.98. The zero-order chi connectivity index (χ0) is 17.4. The molecule has 0 amide bonds. The van der Waals surface area contributed by atoms with Crippen molar-refractivity contribution in [2.45, 2.75) is 26.6 Å². The van der Waals surface area contributed by atoms with Crippen molar-refractivity contribution in [2.75, 3.05) is 19.8 Å². The molecule has 1 aliphatic rings. The first-order valence-electron chi connectivity index (χ1n) is 8.56. The molecule has 0 N–H and O–H groups in total. The summed E-state index contributed by atoms with van der Waals surface area (Å²) in [7, 11) is 0.813. The Kier molecular flexibility index (Phi) is 6.12. The molecular weight excluding hydrogens is 441 g/mol. The smallest absolute Gasteiger partial charge is 0.338 e. The second kappa shape index (κ2) is 7.59. The molecule has 1 aliphatic heterocycles. The second-order valence-corrected chi connectivity index (χ2v) is 12.1. The van der Waals surface area contributed by atoms with E-state index in [1.807, 2.05) is 19.1 Å². The first-order valence-corrected chi connectivity index (χ1v) is 11.8. The van der Waals surface area contributed by atoms with E-state index in [0.717, 1.165) is 11.0 Å². The maximum absolute atomic E-state index is 11.9. The second-order valence-electron chi connectivity index (χ2n) is 7.52. The summed E-state index contributed by atoms with van der Waals surface area (Å²) in [5.41, 5.74) is 3.36. The number of carbonyl (C=O) groups excluding carboxylic acids is 1. The molecule has 0 fully saturated rings. The van der Waals surface area contributed by atoms with Crippen LogP contribution >= 0.6 is 0 Å². The molecule has 1 atom stereocenters. The van der Waals surface area contributed by atoms with Crippen molar-refractivity contribution in [3.63, 3.8) is 0 Å². The number of halogens is 1. The highest BCUT2D eigenvalue weighted by Crippen LogP contribution is 2.30. The average Bonchev–Trinajstić information content (AvgIpc) is 2.54. The molecule has 25 heavy (non-hydrogen) atoms. The Hall–Kier alpha value is -1.18. The topological polar surface area (TPSA) is 26.3 Å². The lowest BCUT2D eigenvalue weighted by atomic mass is 10.1. The van der Waals surface area contributed by atoms with Gasteiger partial charge in [0.05, 0.1) is 25.4 Å². The van der Waals surface area contributed by atoms with Crippen LogP contribution in [0.1, 0.15) is 22.8 Å². The Morgan fingerprint density at radius 3 is 2.40 bits per heavy atom. The number of benzene rings is 2. The maximum Gasteiger partial charge on any atom is 0.338 e. The van der Waals surface area contributed by atoms with E-state index in [0.29, 0.717) is 12.2 Å². The lowest BCUT2D eigenvalue weighted by Crippen LogP contribution is -3.00. The van der Waals surface area contributed by atoms with Crippen molar-refractivity contribution in [3.8, 4) is 0 Å². The van der Waals surface area contributed by atoms with E-state index in [1.165, 1.54) is 17.4 Å². The highest BCUT2D eigenvalue weighted by atomic mass is 127. The van der Waals surface area contributed by atoms with E-state index < -0.39 is 8.07 Å². The fourth-order valence-corrected chi connectivity index (χ4v) is 7.85. The minimum atomic E-state index is -1.50. The third-order valence-corrected chi connectivity index (χ3v) is 8.45. The van der Waals surface area contributed by atoms with Gasteiger partial charge in [-0.2, -0.15) is 0 Å². The fraction of sp³-hybridized carbons (Fsp3) is 0.350. The zero-order valence-electron chi connectivity index (χ0n) is 15.4. The Labute approximate surface area is 168 Å². The normalized spacial score (nSPS) is 21.0. The Bertz CT molecular complexity index is 761. The molecule has 1 heterocycles. The van der Waals surface area contributed by atoms with Crippen LogP contribution < -0.4 is 33.6 Å². The third-order valence-electron chi connectivity index (χ3n) is 5.01. The molecule has 5 heteroatoms. The molecule has 0 radical (unpaired) electrons. The van der Waals surface area contributed by atoms with Gasteiger partial charge in [-0.05, 0) is 36.4 Å². The summed E-state index contributed by atoms with van der Waals surface area (Å²) < 4.78 is 5.98. The molecular formula is C20H26INO2Si. The predicted molar refractivity (Wildman–Crippen MR) is 102 cm³/mol. The number of hydrogen-bond acceptors (Lipinski definition) is 2. The van der Waals surface area contributed by atoms with Gasteiger partial charge in [0.25, 0.3) is 0 Å². The predicted octanol–water partition coefficient (Wildman–Crippen LogP) is 0.473. The number of quaternary nitrogens is 1. The van der Waals surface area contributed by atoms with E-state index >= 15 is 0 Å². The molecule has 2 aromatic carbocycles. The largest absolute Gasteiger partial charge is 1.00 e. The number of nitrogens with zero attached hydrogens (tertiary/aromatic N) is 1. The van der Waals surface area contributed by atoms with Gasteiger partial charge >= 0.3 is 5.97 Å². The number of rotatable bonds is 3. The van der Waals surface area contributed by atoms with E-state index in [9.17, 15) is 4.79 Å². The van der Waals surface area contributed by atoms with Gasteiger partial charge in [-0.1, -0.05) is 37.4 Å². The van der Waals surface area contributed by atoms with E-state index in [1.54, 1.807) is 5.19 Å². The SMILES string of the molecule is CCOC(=O)c1ccc([N+]2(C)Cc3ccccc3[Si](C)(C)C2)cc1.[I-]. The first-order chi connectivity index (χ1) is 11.4. The van der Waals surface area contributed by atoms with E-state index in [-0.39, 0.29) is 29.9 Å². The van der Waals surface area contributed by atoms with Gasteiger partial charge in [-0.3, -0.25) is 4.48 Å². The average molecular weight is 467 g/mol. The summed E-state index contributed by atoms with van der Waals surface area (Å²) in [5, 5.41) is 1.59. The molecule has 0 saturated heterocycles. The fourth-order valence-electron chi connectivity index (χ4n) is 4.06. The minimum absolute atomic E-state index is 0. The highest BCUT2D eigenvalue weighted by Gasteiger charge is 2.42. The lowest BCUT2D eigenvalue weighted by molar-refractivity contribution is -0.0000232. The van der Waals surface area contributed by atoms with Gasteiger partial charge in [0, 0.05) is 5.56 Å². The summed E-state index contributed by atoms with van der Waals surface area (Å²) in [6, 6.07) is 16.9. The summed E-state index contributed by atoms with van der Waals surface area (Å²) in [6.07, 6.45) is 1.17. The monoisotopic (exact) mass is 467 g/mol. The molecule has 0 spiro atoms. The van der Waals surface area contributed by atoms with Crippen LogP contribution in [0.25, 0.3) is 0 Å². The van der Waals surface area contributed by atoms with Crippen LogP contribution in [0.5, 0.6) is 0 Å². The number of ether oxygens (including phenoxy) is 1. The van der Waals surface area contributed by atoms with Crippen LogP contribution in [0.3, 0.4) is 0 Å². The van der Waals surface area contributed by atoms with Gasteiger partial charge in [0.15, 0.2) is 0 Å². The maximum atomic E-state index is 11.9. The molecule has 1 unspecified atom stereocenters. The van der Waals surface area contributed by atoms with Crippen molar-refractivity contribution in [1.29, 1.82) is 0 Å². The first kappa shape index (κ1) is 20.1. The van der Waals surface area contributed by atoms with Gasteiger partial charge < -0.3 is 28.7 Å². The van der Waals surface area contributed by atoms with Crippen LogP contribution in [0.15, 0.2) is 48.5 Å². The Morgan fingerprint density at radius 1 is 1.12 bits per heavy atom. The van der Waals surface area contributed by atoms with Crippen LogP contribution in [0, 0.1) is 0 Å². The number of esters is 1. The summed E-state index contributed by atoms with van der Waals surface area (Å²) in [5.74, 6) is -0.245. The van der Waals surface area contributed by atoms with Crippen molar-refractivity contribution in [3.05, 3.63) is 59.7 Å². The summed E-state index contributed by atoms with van der Waals surface area (Å²) in [6.45, 7) is 8.15. The molecule has 2 aromatic rings. The van der Waals surface area contributed by atoms with Gasteiger partial charge in [0.2, 0.25) is 0 Å². The quantitative estimate of drug-likeness (QED) is 0.284. The van der Waals surface area contributed by atoms with Crippen molar-refractivity contribution < 1.29 is 33.5 Å². The lowest BCUT2D eigenvalue weighted by Gasteiger charge is -2.44. The molecule has 0 aliphatic carbocycles. The summed E-state index contributed by atoms with van der Waals surface area (Å²) >= 11 is 0. The van der Waals surface area contributed by atoms with Crippen molar-refractivity contribution >= 4 is 24.9 Å². The van der Waals surface area contributed by atoms with Crippen LogP contribution in [0.4, 0.5) is 5.69 Å². The van der Waals surface area contributed by atoms with Crippen LogP contribution in [0.2, 0.25) is 13.1 Å². The number of fused-ring (bicyclic) bond motifs is 1. The number of carbonyl (C=O) groups is 1. The number of hydrogen-bond donors (Lipinski definition) is 0. The van der Waals surface area contributed by atoms with E-state index in [2.05, 4.69) is 56.5 Å². The Morgan fingerprint density at radius 2 is 1.76 bits per heavy atom. The molecule has 0 aromatic heterocycles. The zero-order valence-corrected chi connectivity index (χ0v) is 18.5.